The Morgan fingerprint density at radius 3 is 2.81 bits per heavy atom. The highest BCUT2D eigenvalue weighted by atomic mass is 16.1. The molecule has 2 heterocycles. The number of benzene rings is 1. The zero-order valence-corrected chi connectivity index (χ0v) is 11.2. The third-order valence-electron chi connectivity index (χ3n) is 3.01. The first-order valence-electron chi connectivity index (χ1n) is 6.40. The molecule has 0 spiro atoms. The minimum absolute atomic E-state index is 0.269. The van der Waals surface area contributed by atoms with Gasteiger partial charge in [-0.3, -0.25) is 9.89 Å². The fourth-order valence-electron chi connectivity index (χ4n) is 1.92. The molecule has 0 bridgehead atoms. The van der Waals surface area contributed by atoms with Crippen LogP contribution in [0.3, 0.4) is 0 Å². The standard InChI is InChI=1S/C14H14N6O/c15-12-8-17-19-13(12)14(21)16-6-10-7-18-20(9-10)11-4-2-1-3-5-11/h1-5,7-9H,6,15H2,(H,16,21)(H,17,19). The number of nitrogens with one attached hydrogen (secondary N) is 2. The lowest BCUT2D eigenvalue weighted by molar-refractivity contribution is 0.0947. The van der Waals surface area contributed by atoms with Crippen molar-refractivity contribution < 1.29 is 4.79 Å². The fourth-order valence-corrected chi connectivity index (χ4v) is 1.92. The Labute approximate surface area is 120 Å². The molecule has 0 unspecified atom stereocenters. The highest BCUT2D eigenvalue weighted by molar-refractivity contribution is 5.96. The molecule has 7 heteroatoms. The van der Waals surface area contributed by atoms with Crippen molar-refractivity contribution in [3.8, 4) is 5.69 Å². The van der Waals surface area contributed by atoms with Crippen molar-refractivity contribution in [3.05, 3.63) is 60.2 Å². The summed E-state index contributed by atoms with van der Waals surface area (Å²) in [6.07, 6.45) is 4.98. The number of carbonyl (C=O) groups is 1. The molecule has 4 N–H and O–H groups in total. The molecule has 1 amide bonds. The summed E-state index contributed by atoms with van der Waals surface area (Å²) in [6.45, 7) is 0.365. The zero-order chi connectivity index (χ0) is 14.7. The van der Waals surface area contributed by atoms with Crippen LogP contribution >= 0.6 is 0 Å². The van der Waals surface area contributed by atoms with E-state index in [4.69, 9.17) is 5.73 Å². The third-order valence-corrected chi connectivity index (χ3v) is 3.01. The van der Waals surface area contributed by atoms with Crippen LogP contribution in [0.5, 0.6) is 0 Å². The first-order valence-corrected chi connectivity index (χ1v) is 6.40. The number of hydrogen-bond donors (Lipinski definition) is 3. The van der Waals surface area contributed by atoms with Gasteiger partial charge < -0.3 is 11.1 Å². The molecule has 0 aliphatic carbocycles. The largest absolute Gasteiger partial charge is 0.396 e. The molecule has 106 valence electrons. The van der Waals surface area contributed by atoms with Gasteiger partial charge in [-0.15, -0.1) is 0 Å². The summed E-state index contributed by atoms with van der Waals surface area (Å²) < 4.78 is 1.76. The van der Waals surface area contributed by atoms with Crippen LogP contribution in [0, 0.1) is 0 Å². The molecule has 0 saturated heterocycles. The van der Waals surface area contributed by atoms with Crippen LogP contribution in [-0.4, -0.2) is 25.9 Å². The molecular weight excluding hydrogens is 268 g/mol. The molecule has 21 heavy (non-hydrogen) atoms. The molecule has 3 aromatic rings. The van der Waals surface area contributed by atoms with E-state index in [2.05, 4.69) is 20.6 Å². The predicted molar refractivity (Wildman–Crippen MR) is 77.7 cm³/mol. The van der Waals surface area contributed by atoms with E-state index in [1.165, 1.54) is 6.20 Å². The van der Waals surface area contributed by atoms with Crippen molar-refractivity contribution in [2.75, 3.05) is 5.73 Å². The van der Waals surface area contributed by atoms with Gasteiger partial charge in [0.25, 0.3) is 5.91 Å². The number of nitrogens with zero attached hydrogens (tertiary/aromatic N) is 3. The second kappa shape index (κ2) is 5.49. The lowest BCUT2D eigenvalue weighted by Gasteiger charge is -2.02. The van der Waals surface area contributed by atoms with Gasteiger partial charge in [-0.05, 0) is 12.1 Å². The summed E-state index contributed by atoms with van der Waals surface area (Å²) in [5.74, 6) is -0.294. The first kappa shape index (κ1) is 12.9. The normalized spacial score (nSPS) is 10.5. The van der Waals surface area contributed by atoms with Crippen LogP contribution in [0.2, 0.25) is 0 Å². The van der Waals surface area contributed by atoms with Gasteiger partial charge in [0, 0.05) is 18.3 Å². The van der Waals surface area contributed by atoms with Gasteiger partial charge in [0.1, 0.15) is 5.69 Å². The van der Waals surface area contributed by atoms with E-state index in [9.17, 15) is 4.79 Å². The number of para-hydroxylation sites is 1. The molecule has 3 rings (SSSR count). The Bertz CT molecular complexity index is 746. The van der Waals surface area contributed by atoms with E-state index < -0.39 is 0 Å². The number of hydrogen-bond acceptors (Lipinski definition) is 4. The monoisotopic (exact) mass is 282 g/mol. The summed E-state index contributed by atoms with van der Waals surface area (Å²) in [5.41, 5.74) is 8.07. The molecular formula is C14H14N6O. The summed E-state index contributed by atoms with van der Waals surface area (Å²) in [5, 5.41) is 13.3. The van der Waals surface area contributed by atoms with Crippen LogP contribution < -0.4 is 11.1 Å². The van der Waals surface area contributed by atoms with Gasteiger partial charge in [-0.1, -0.05) is 18.2 Å². The smallest absolute Gasteiger partial charge is 0.271 e. The van der Waals surface area contributed by atoms with E-state index >= 15 is 0 Å². The highest BCUT2D eigenvalue weighted by Crippen LogP contribution is 2.09. The minimum atomic E-state index is -0.294. The first-order chi connectivity index (χ1) is 10.2. The van der Waals surface area contributed by atoms with Gasteiger partial charge in [-0.25, -0.2) is 4.68 Å². The molecule has 1 aromatic carbocycles. The second-order valence-corrected chi connectivity index (χ2v) is 4.51. The van der Waals surface area contributed by atoms with Crippen molar-refractivity contribution in [1.29, 1.82) is 0 Å². The summed E-state index contributed by atoms with van der Waals surface area (Å²) >= 11 is 0. The van der Waals surface area contributed by atoms with Gasteiger partial charge in [0.2, 0.25) is 0 Å². The van der Waals surface area contributed by atoms with Crippen molar-refractivity contribution >= 4 is 11.6 Å². The molecule has 0 saturated carbocycles. The molecule has 7 nitrogen and oxygen atoms in total. The molecule has 0 fully saturated rings. The van der Waals surface area contributed by atoms with Gasteiger partial charge in [0.05, 0.1) is 23.8 Å². The quantitative estimate of drug-likeness (QED) is 0.667. The molecule has 0 radical (unpaired) electrons. The third kappa shape index (κ3) is 2.76. The van der Waals surface area contributed by atoms with E-state index in [-0.39, 0.29) is 11.6 Å². The number of amides is 1. The Morgan fingerprint density at radius 1 is 1.29 bits per heavy atom. The highest BCUT2D eigenvalue weighted by Gasteiger charge is 2.11. The number of H-pyrrole nitrogens is 1. The Hall–Kier alpha value is -3.09. The number of nitrogen functional groups attached to an aromatic ring is 1. The second-order valence-electron chi connectivity index (χ2n) is 4.51. The average Bonchev–Trinajstić information content (AvgIpc) is 3.15. The SMILES string of the molecule is Nc1cn[nH]c1C(=O)NCc1cnn(-c2ccccc2)c1. The van der Waals surface area contributed by atoms with E-state index in [0.717, 1.165) is 11.3 Å². The number of aromatic amines is 1. The van der Waals surface area contributed by atoms with Gasteiger partial charge in [-0.2, -0.15) is 10.2 Å². The number of carbonyl (C=O) groups excluding carboxylic acids is 1. The van der Waals surface area contributed by atoms with Crippen LogP contribution in [0.15, 0.2) is 48.9 Å². The van der Waals surface area contributed by atoms with Gasteiger partial charge >= 0.3 is 0 Å². The molecule has 2 aromatic heterocycles. The lowest BCUT2D eigenvalue weighted by atomic mass is 10.3. The van der Waals surface area contributed by atoms with Crippen LogP contribution in [0.4, 0.5) is 5.69 Å². The van der Waals surface area contributed by atoms with E-state index in [0.29, 0.717) is 12.2 Å². The summed E-state index contributed by atoms with van der Waals surface area (Å²) in [7, 11) is 0. The van der Waals surface area contributed by atoms with Crippen LogP contribution in [0.1, 0.15) is 16.1 Å². The Morgan fingerprint density at radius 2 is 2.10 bits per heavy atom. The van der Waals surface area contributed by atoms with Crippen LogP contribution in [0.25, 0.3) is 5.69 Å². The average molecular weight is 282 g/mol. The minimum Gasteiger partial charge on any atom is -0.396 e. The molecule has 0 aliphatic heterocycles. The van der Waals surface area contributed by atoms with E-state index in [1.807, 2.05) is 36.5 Å². The molecule has 0 atom stereocenters. The number of anilines is 1. The lowest BCUT2D eigenvalue weighted by Crippen LogP contribution is -2.23. The molecule has 0 aliphatic rings. The maximum atomic E-state index is 11.9. The summed E-state index contributed by atoms with van der Waals surface area (Å²) in [6, 6.07) is 9.75. The number of aromatic nitrogens is 4. The Kier molecular flexibility index (Phi) is 3.38. The van der Waals surface area contributed by atoms with Crippen LogP contribution in [-0.2, 0) is 6.54 Å². The predicted octanol–water partition coefficient (Wildman–Crippen LogP) is 1.11. The van der Waals surface area contributed by atoms with Crippen molar-refractivity contribution in [2.45, 2.75) is 6.54 Å². The maximum Gasteiger partial charge on any atom is 0.271 e. The van der Waals surface area contributed by atoms with E-state index in [1.54, 1.807) is 10.9 Å². The van der Waals surface area contributed by atoms with Gasteiger partial charge in [0.15, 0.2) is 0 Å². The zero-order valence-electron chi connectivity index (χ0n) is 11.2. The topological polar surface area (TPSA) is 102 Å². The number of nitrogens with two attached hydrogens (primary N) is 1. The van der Waals surface area contributed by atoms with Crippen molar-refractivity contribution in [3.63, 3.8) is 0 Å². The van der Waals surface area contributed by atoms with Crippen molar-refractivity contribution in [2.24, 2.45) is 0 Å². The summed E-state index contributed by atoms with van der Waals surface area (Å²) in [4.78, 5) is 11.9. The fraction of sp³-hybridized carbons (Fsp3) is 0.0714. The maximum absolute atomic E-state index is 11.9. The Balaban J connectivity index is 1.66. The van der Waals surface area contributed by atoms with Crippen molar-refractivity contribution in [1.82, 2.24) is 25.3 Å². The number of rotatable bonds is 4.